The second kappa shape index (κ2) is 15.1. The van der Waals surface area contributed by atoms with Gasteiger partial charge in [0.05, 0.1) is 19.8 Å². The lowest BCUT2D eigenvalue weighted by Gasteiger charge is -2.27. The van der Waals surface area contributed by atoms with Crippen LogP contribution in [-0.4, -0.2) is 11.9 Å². The molecule has 10 nitrogen and oxygen atoms in total. The zero-order valence-corrected chi connectivity index (χ0v) is 36.6. The topological polar surface area (TPSA) is 146 Å². The van der Waals surface area contributed by atoms with Gasteiger partial charge in [-0.05, 0) is 69.1 Å². The Morgan fingerprint density at radius 1 is 0.485 bits per heavy atom. The maximum Gasteiger partial charge on any atom is 0.334 e. The van der Waals surface area contributed by atoms with Crippen molar-refractivity contribution in [3.8, 4) is 0 Å². The van der Waals surface area contributed by atoms with E-state index in [4.69, 9.17) is 14.5 Å². The summed E-state index contributed by atoms with van der Waals surface area (Å²) in [5.74, 6) is -1.98. The monoisotopic (exact) mass is 916 g/mol. The minimum Gasteiger partial charge on any atom is -0.459 e. The molecule has 0 aliphatic heterocycles. The van der Waals surface area contributed by atoms with Crippen molar-refractivity contribution in [3.05, 3.63) is 218 Å². The summed E-state index contributed by atoms with van der Waals surface area (Å²) in [6.45, 7) is -0.396. The van der Waals surface area contributed by atoms with E-state index in [2.05, 4.69) is 4.99 Å². The summed E-state index contributed by atoms with van der Waals surface area (Å²) >= 11 is 3.87. The van der Waals surface area contributed by atoms with Crippen LogP contribution in [-0.2, 0) is 37.7 Å². The Bertz CT molecular complexity index is 4070. The lowest BCUT2D eigenvalue weighted by Crippen LogP contribution is -2.47. The Morgan fingerprint density at radius 2 is 0.924 bits per heavy atom. The van der Waals surface area contributed by atoms with Gasteiger partial charge in [0, 0.05) is 36.7 Å². The molecule has 13 heteroatoms. The summed E-state index contributed by atoms with van der Waals surface area (Å²) in [4.78, 5) is 95.8. The molecular formula is C53H28N2O8S3. The molecule has 1 aliphatic carbocycles. The molecule has 0 spiro atoms. The predicted octanol–water partition coefficient (Wildman–Crippen LogP) is 8.89. The molecule has 3 aromatic heterocycles. The average Bonchev–Trinajstić information content (AvgIpc) is 4.16. The minimum absolute atomic E-state index is 0.168. The van der Waals surface area contributed by atoms with Crippen LogP contribution in [0.3, 0.4) is 0 Å². The van der Waals surface area contributed by atoms with Crippen molar-refractivity contribution < 1.29 is 19.1 Å². The molecule has 0 atom stereocenters. The first-order valence-corrected chi connectivity index (χ1v) is 23.2. The van der Waals surface area contributed by atoms with E-state index in [0.717, 1.165) is 35.6 Å². The highest BCUT2D eigenvalue weighted by atomic mass is 32.1. The summed E-state index contributed by atoms with van der Waals surface area (Å²) in [6, 6.07) is 41.4. The number of carbonyl (C=O) groups excluding carboxylic acids is 2. The fourth-order valence-electron chi connectivity index (χ4n) is 8.92. The second-order valence-corrected chi connectivity index (χ2v) is 19.1. The Balaban J connectivity index is 1.06. The van der Waals surface area contributed by atoms with Crippen molar-refractivity contribution in [2.75, 3.05) is 0 Å². The summed E-state index contributed by atoms with van der Waals surface area (Å²) in [6.07, 6.45) is 1.56. The van der Waals surface area contributed by atoms with Crippen LogP contribution in [0.2, 0.25) is 0 Å². The molecule has 0 unspecified atom stereocenters. The van der Waals surface area contributed by atoms with Gasteiger partial charge in [-0.2, -0.15) is 0 Å². The first-order valence-electron chi connectivity index (χ1n) is 20.7. The van der Waals surface area contributed by atoms with E-state index in [0.29, 0.717) is 36.5 Å². The number of ether oxygens (including phenoxy) is 2. The molecule has 0 radical (unpaired) electrons. The lowest BCUT2D eigenvalue weighted by molar-refractivity contribution is -0.164. The molecule has 66 heavy (non-hydrogen) atoms. The zero-order chi connectivity index (χ0) is 44.8. The third-order valence-corrected chi connectivity index (χ3v) is 15.9. The number of benzene rings is 6. The van der Waals surface area contributed by atoms with E-state index >= 15 is 9.59 Å². The molecule has 11 aromatic rings. The fraction of sp³-hybridized carbons (Fsp3) is 0.0566. The van der Waals surface area contributed by atoms with E-state index in [1.54, 1.807) is 84.9 Å². The summed E-state index contributed by atoms with van der Waals surface area (Å²) in [5, 5.41) is 4.02. The van der Waals surface area contributed by atoms with Crippen LogP contribution in [0.5, 0.6) is 0 Å². The number of carbonyl (C=O) groups is 2. The molecular weight excluding hydrogens is 889 g/mol. The quantitative estimate of drug-likeness (QED) is 0.109. The molecule has 0 N–H and O–H groups in total. The van der Waals surface area contributed by atoms with Gasteiger partial charge >= 0.3 is 11.9 Å². The molecule has 0 bridgehead atoms. The zero-order valence-electron chi connectivity index (χ0n) is 34.2. The number of fused-ring (bicyclic) bond motifs is 9. The predicted molar refractivity (Wildman–Crippen MR) is 261 cm³/mol. The maximum absolute atomic E-state index is 15.2. The van der Waals surface area contributed by atoms with Crippen LogP contribution in [0.25, 0.3) is 68.0 Å². The van der Waals surface area contributed by atoms with Gasteiger partial charge in [0.1, 0.15) is 18.2 Å². The van der Waals surface area contributed by atoms with Crippen LogP contribution in [0.15, 0.2) is 174 Å². The fourth-order valence-corrected chi connectivity index (χ4v) is 13.1. The van der Waals surface area contributed by atoms with Crippen LogP contribution >= 0.6 is 34.0 Å². The van der Waals surface area contributed by atoms with E-state index < -0.39 is 44.4 Å². The van der Waals surface area contributed by atoms with Crippen molar-refractivity contribution in [1.29, 1.82) is 0 Å². The normalized spacial score (nSPS) is 13.2. The standard InChI is InChI=1S/C53H28N2O8S3/c56-44-33-19-29-15-7-8-16-30(29)20-34(33)45(57)42(44)54-39-23-37-41(53(39,51(60)62-25-27-11-3-1-4-12-27)52(61)63-26-28-13-5-2-6-14-28)49-50(64-37)48-38(65-49)24-40(66-48)55-43-46(58)35-21-31-17-9-10-18-32(31)22-36(35)47(43)59/h1-24H,25-26H2. The molecule has 0 saturated heterocycles. The van der Waals surface area contributed by atoms with Crippen LogP contribution < -0.4 is 32.4 Å². The van der Waals surface area contributed by atoms with Gasteiger partial charge < -0.3 is 9.47 Å². The van der Waals surface area contributed by atoms with E-state index in [-0.39, 0.29) is 40.6 Å². The number of esters is 2. The van der Waals surface area contributed by atoms with Crippen molar-refractivity contribution in [2.45, 2.75) is 18.6 Å². The number of hydrogen-bond acceptors (Lipinski definition) is 13. The summed E-state index contributed by atoms with van der Waals surface area (Å²) in [7, 11) is 0. The minimum atomic E-state index is -2.38. The van der Waals surface area contributed by atoms with Crippen LogP contribution in [0.4, 0.5) is 5.00 Å². The number of thiophene rings is 3. The van der Waals surface area contributed by atoms with Gasteiger partial charge in [0.2, 0.25) is 27.1 Å². The van der Waals surface area contributed by atoms with Gasteiger partial charge in [-0.3, -0.25) is 28.8 Å². The van der Waals surface area contributed by atoms with E-state index in [9.17, 15) is 19.2 Å². The highest BCUT2D eigenvalue weighted by Gasteiger charge is 2.60. The lowest BCUT2D eigenvalue weighted by atomic mass is 9.81. The number of hydrogen-bond donors (Lipinski definition) is 0. The maximum atomic E-state index is 15.2. The van der Waals surface area contributed by atoms with Crippen molar-refractivity contribution in [3.63, 3.8) is 0 Å². The highest BCUT2D eigenvalue weighted by molar-refractivity contribution is 7.39. The molecule has 316 valence electrons. The second-order valence-electron chi connectivity index (χ2n) is 16.0. The highest BCUT2D eigenvalue weighted by Crippen LogP contribution is 2.56. The molecule has 1 aliphatic rings. The summed E-state index contributed by atoms with van der Waals surface area (Å²) < 4.78 is 14.9. The van der Waals surface area contributed by atoms with Crippen LogP contribution in [0.1, 0.15) is 21.6 Å². The van der Waals surface area contributed by atoms with Crippen molar-refractivity contribution >= 4 is 119 Å². The number of nitrogens with zero attached hydrogens (tertiary/aromatic N) is 2. The number of rotatable bonds is 8. The first-order chi connectivity index (χ1) is 32.2. The first kappa shape index (κ1) is 39.7. The van der Waals surface area contributed by atoms with Gasteiger partial charge in [-0.25, -0.2) is 9.98 Å². The Hall–Kier alpha value is -7.84. The van der Waals surface area contributed by atoms with Gasteiger partial charge in [0.25, 0.3) is 0 Å². The van der Waals surface area contributed by atoms with Gasteiger partial charge in [-0.1, -0.05) is 109 Å². The molecule has 0 fully saturated rings. The molecule has 0 saturated carbocycles. The van der Waals surface area contributed by atoms with Crippen molar-refractivity contribution in [2.24, 2.45) is 9.98 Å². The van der Waals surface area contributed by atoms with Gasteiger partial charge in [0.15, 0.2) is 10.7 Å². The largest absolute Gasteiger partial charge is 0.459 e. The average molecular weight is 917 g/mol. The van der Waals surface area contributed by atoms with Crippen molar-refractivity contribution in [1.82, 2.24) is 0 Å². The third-order valence-electron chi connectivity index (χ3n) is 12.1. The van der Waals surface area contributed by atoms with E-state index in [1.807, 2.05) is 60.7 Å². The molecule has 8 aromatic carbocycles. The Morgan fingerprint density at radius 3 is 1.39 bits per heavy atom. The molecule has 12 rings (SSSR count). The smallest absolute Gasteiger partial charge is 0.334 e. The van der Waals surface area contributed by atoms with Crippen LogP contribution in [0, 0.1) is 0 Å². The molecule has 3 heterocycles. The Labute approximate surface area is 382 Å². The summed E-state index contributed by atoms with van der Waals surface area (Å²) in [5.41, 5.74) is -3.11. The van der Waals surface area contributed by atoms with E-state index in [1.165, 1.54) is 34.0 Å². The SMILES string of the molecule is O=C(OCc1ccccc1)C1(C(=O)OCc2ccccc2)C(N=c2c(=O)c3cc4ccccc4cc3c2=O)=Cc2sc3c(sc4cc(N=c5c(=O)c6cc7ccccc7cc6c5=O)sc43)c21. The molecule has 0 amide bonds. The Kier molecular flexibility index (Phi) is 9.11. The van der Waals surface area contributed by atoms with Gasteiger partial charge in [-0.15, -0.1) is 34.0 Å². The third kappa shape index (κ3) is 6.04.